The Morgan fingerprint density at radius 1 is 1.07 bits per heavy atom. The van der Waals surface area contributed by atoms with Gasteiger partial charge in [-0.25, -0.2) is 13.4 Å². The fourth-order valence-electron chi connectivity index (χ4n) is 3.60. The number of nitrogens with zero attached hydrogens (tertiary/aromatic N) is 3. The van der Waals surface area contributed by atoms with Gasteiger partial charge in [0, 0.05) is 44.0 Å². The molecule has 1 N–H and O–H groups in total. The van der Waals surface area contributed by atoms with Gasteiger partial charge in [0.25, 0.3) is 10.0 Å². The van der Waals surface area contributed by atoms with Crippen molar-refractivity contribution in [2.24, 2.45) is 7.05 Å². The maximum absolute atomic E-state index is 13.1. The van der Waals surface area contributed by atoms with Crippen molar-refractivity contribution in [3.8, 4) is 0 Å². The monoisotopic (exact) mass is 450 g/mol. The molecule has 0 aliphatic carbocycles. The standard InChI is InChI=1S/C20H20Cl2N4O2S/c1-25-12-20(23-13-25)29(27,28)26-10-16(14-5-3-2-4-6-14)19(11-26)24-15-7-8-17(21)18(22)9-15/h2-9,12-13,16,19,24H,10-11H2,1H3/t16-,19+/m0/s1. The van der Waals surface area contributed by atoms with Crippen LogP contribution in [0.4, 0.5) is 5.69 Å². The van der Waals surface area contributed by atoms with Crippen LogP contribution in [0.25, 0.3) is 0 Å². The van der Waals surface area contributed by atoms with Crippen molar-refractivity contribution < 1.29 is 8.42 Å². The van der Waals surface area contributed by atoms with Gasteiger partial charge in [0.1, 0.15) is 0 Å². The molecule has 0 amide bonds. The first-order valence-electron chi connectivity index (χ1n) is 9.09. The van der Waals surface area contributed by atoms with Crippen LogP contribution >= 0.6 is 23.2 Å². The average Bonchev–Trinajstić information content (AvgIpc) is 3.33. The van der Waals surface area contributed by atoms with Gasteiger partial charge >= 0.3 is 0 Å². The van der Waals surface area contributed by atoms with Crippen LogP contribution in [-0.4, -0.2) is 41.4 Å². The van der Waals surface area contributed by atoms with Crippen LogP contribution in [-0.2, 0) is 17.1 Å². The highest BCUT2D eigenvalue weighted by molar-refractivity contribution is 7.89. The second-order valence-corrected chi connectivity index (χ2v) is 9.80. The highest BCUT2D eigenvalue weighted by atomic mass is 35.5. The first-order valence-corrected chi connectivity index (χ1v) is 11.3. The number of benzene rings is 2. The van der Waals surface area contributed by atoms with Gasteiger partial charge in [0.2, 0.25) is 0 Å². The Hall–Kier alpha value is -2.06. The van der Waals surface area contributed by atoms with E-state index in [1.165, 1.54) is 16.8 Å². The summed E-state index contributed by atoms with van der Waals surface area (Å²) in [5.74, 6) is -0.0239. The molecule has 0 radical (unpaired) electrons. The third-order valence-corrected chi connectivity index (χ3v) is 7.53. The third-order valence-electron chi connectivity index (χ3n) is 5.07. The van der Waals surface area contributed by atoms with Crippen LogP contribution in [0.15, 0.2) is 66.1 Å². The number of hydrogen-bond donors (Lipinski definition) is 1. The fourth-order valence-corrected chi connectivity index (χ4v) is 5.36. The summed E-state index contributed by atoms with van der Waals surface area (Å²) in [7, 11) is -1.94. The maximum atomic E-state index is 13.1. The van der Waals surface area contributed by atoms with Crippen molar-refractivity contribution in [1.82, 2.24) is 13.9 Å². The lowest BCUT2D eigenvalue weighted by molar-refractivity contribution is 0.468. The van der Waals surface area contributed by atoms with E-state index in [1.807, 2.05) is 36.4 Å². The molecule has 1 aliphatic rings. The molecule has 0 saturated carbocycles. The summed E-state index contributed by atoms with van der Waals surface area (Å²) in [6.45, 7) is 0.681. The molecule has 6 nitrogen and oxygen atoms in total. The Kier molecular flexibility index (Phi) is 5.57. The topological polar surface area (TPSA) is 67.2 Å². The van der Waals surface area contributed by atoms with E-state index in [0.717, 1.165) is 11.3 Å². The molecule has 2 aromatic carbocycles. The second-order valence-electron chi connectivity index (χ2n) is 7.10. The molecule has 1 aliphatic heterocycles. The molecule has 9 heteroatoms. The molecule has 152 valence electrons. The summed E-state index contributed by atoms with van der Waals surface area (Å²) in [6.07, 6.45) is 3.01. The van der Waals surface area contributed by atoms with E-state index in [0.29, 0.717) is 23.1 Å². The molecule has 1 fully saturated rings. The summed E-state index contributed by atoms with van der Waals surface area (Å²) in [4.78, 5) is 4.04. The zero-order valence-corrected chi connectivity index (χ0v) is 18.0. The van der Waals surface area contributed by atoms with Gasteiger partial charge in [-0.3, -0.25) is 0 Å². The number of anilines is 1. The minimum absolute atomic E-state index is 0.0239. The highest BCUT2D eigenvalue weighted by Gasteiger charge is 2.41. The Labute approximate surface area is 180 Å². The lowest BCUT2D eigenvalue weighted by atomic mass is 9.94. The molecule has 4 rings (SSSR count). The van der Waals surface area contributed by atoms with Gasteiger partial charge < -0.3 is 9.88 Å². The minimum atomic E-state index is -3.68. The van der Waals surface area contributed by atoms with Crippen molar-refractivity contribution in [3.63, 3.8) is 0 Å². The largest absolute Gasteiger partial charge is 0.380 e. The van der Waals surface area contributed by atoms with Crippen molar-refractivity contribution in [3.05, 3.63) is 76.7 Å². The average molecular weight is 451 g/mol. The Balaban J connectivity index is 1.65. The lowest BCUT2D eigenvalue weighted by Crippen LogP contribution is -2.32. The maximum Gasteiger partial charge on any atom is 0.262 e. The van der Waals surface area contributed by atoms with Gasteiger partial charge in [-0.05, 0) is 23.8 Å². The highest BCUT2D eigenvalue weighted by Crippen LogP contribution is 2.34. The van der Waals surface area contributed by atoms with E-state index in [4.69, 9.17) is 23.2 Å². The molecular weight excluding hydrogens is 431 g/mol. The molecule has 3 aromatic rings. The van der Waals surface area contributed by atoms with Crippen molar-refractivity contribution in [2.45, 2.75) is 17.0 Å². The van der Waals surface area contributed by atoms with Crippen molar-refractivity contribution in [2.75, 3.05) is 18.4 Å². The molecule has 1 aromatic heterocycles. The normalized spacial score (nSPS) is 20.1. The first-order chi connectivity index (χ1) is 13.8. The zero-order chi connectivity index (χ0) is 20.6. The SMILES string of the molecule is Cn1cnc(S(=O)(=O)N2C[C@@H](Nc3ccc(Cl)c(Cl)c3)[C@H](c3ccccc3)C2)c1. The summed E-state index contributed by atoms with van der Waals surface area (Å²) in [5.41, 5.74) is 1.87. The van der Waals surface area contributed by atoms with Crippen LogP contribution in [0.5, 0.6) is 0 Å². The molecular formula is C20H20Cl2N4O2S. The molecule has 29 heavy (non-hydrogen) atoms. The Morgan fingerprint density at radius 3 is 2.48 bits per heavy atom. The van der Waals surface area contributed by atoms with Gasteiger partial charge in [-0.1, -0.05) is 53.5 Å². The number of hydrogen-bond acceptors (Lipinski definition) is 4. The minimum Gasteiger partial charge on any atom is -0.380 e. The number of halogens is 2. The van der Waals surface area contributed by atoms with E-state index in [-0.39, 0.29) is 17.0 Å². The first kappa shape index (κ1) is 20.2. The van der Waals surface area contributed by atoms with Crippen molar-refractivity contribution >= 4 is 38.9 Å². The third kappa shape index (κ3) is 4.14. The number of aromatic nitrogens is 2. The molecule has 0 unspecified atom stereocenters. The van der Waals surface area contributed by atoms with Crippen LogP contribution in [0.3, 0.4) is 0 Å². The Bertz CT molecular complexity index is 1120. The van der Waals surface area contributed by atoms with Gasteiger partial charge in [-0.2, -0.15) is 4.31 Å². The summed E-state index contributed by atoms with van der Waals surface area (Å²) < 4.78 is 29.3. The van der Waals surface area contributed by atoms with E-state index >= 15 is 0 Å². The van der Waals surface area contributed by atoms with Gasteiger partial charge in [-0.15, -0.1) is 0 Å². The van der Waals surface area contributed by atoms with Crippen LogP contribution < -0.4 is 5.32 Å². The second kappa shape index (κ2) is 7.99. The van der Waals surface area contributed by atoms with E-state index < -0.39 is 10.0 Å². The quantitative estimate of drug-likeness (QED) is 0.637. The van der Waals surface area contributed by atoms with E-state index in [1.54, 1.807) is 23.7 Å². The van der Waals surface area contributed by atoms with Crippen LogP contribution in [0, 0.1) is 0 Å². The number of nitrogens with one attached hydrogen (secondary N) is 1. The molecule has 0 spiro atoms. The number of imidazole rings is 1. The number of rotatable bonds is 5. The molecule has 2 heterocycles. The number of aryl methyl sites for hydroxylation is 1. The predicted molar refractivity (Wildman–Crippen MR) is 115 cm³/mol. The molecule has 1 saturated heterocycles. The number of sulfonamides is 1. The summed E-state index contributed by atoms with van der Waals surface area (Å²) in [5, 5.41) is 4.42. The predicted octanol–water partition coefficient (Wildman–Crippen LogP) is 4.00. The van der Waals surface area contributed by atoms with Crippen LogP contribution in [0.2, 0.25) is 10.0 Å². The fraction of sp³-hybridized carbons (Fsp3) is 0.250. The van der Waals surface area contributed by atoms with Crippen LogP contribution in [0.1, 0.15) is 11.5 Å². The van der Waals surface area contributed by atoms with E-state index in [2.05, 4.69) is 10.3 Å². The summed E-state index contributed by atoms with van der Waals surface area (Å²) in [6, 6.07) is 15.1. The summed E-state index contributed by atoms with van der Waals surface area (Å²) >= 11 is 12.2. The molecule has 0 bridgehead atoms. The van der Waals surface area contributed by atoms with Gasteiger partial charge in [0.05, 0.1) is 16.4 Å². The van der Waals surface area contributed by atoms with Crippen molar-refractivity contribution in [1.29, 1.82) is 0 Å². The van der Waals surface area contributed by atoms with E-state index in [9.17, 15) is 8.42 Å². The Morgan fingerprint density at radius 2 is 1.83 bits per heavy atom. The smallest absolute Gasteiger partial charge is 0.262 e. The molecule has 2 atom stereocenters. The zero-order valence-electron chi connectivity index (χ0n) is 15.7. The lowest BCUT2D eigenvalue weighted by Gasteiger charge is -2.21. The van der Waals surface area contributed by atoms with Gasteiger partial charge in [0.15, 0.2) is 5.03 Å².